The molecule has 2 aromatic rings. The van der Waals surface area contributed by atoms with Crippen molar-refractivity contribution in [2.45, 2.75) is 25.9 Å². The van der Waals surface area contributed by atoms with E-state index in [1.165, 1.54) is 11.1 Å². The number of fused-ring (bicyclic) bond motifs is 1. The van der Waals surface area contributed by atoms with Gasteiger partial charge < -0.3 is 16.0 Å². The Bertz CT molecular complexity index is 733. The molecule has 124 valence electrons. The second-order valence-electron chi connectivity index (χ2n) is 5.97. The van der Waals surface area contributed by atoms with Crippen LogP contribution >= 0.6 is 0 Å². The fraction of sp³-hybridized carbons (Fsp3) is 0.263. The van der Waals surface area contributed by atoms with E-state index in [0.29, 0.717) is 43.7 Å². The van der Waals surface area contributed by atoms with Crippen molar-refractivity contribution in [1.29, 1.82) is 0 Å². The van der Waals surface area contributed by atoms with Gasteiger partial charge in [0.25, 0.3) is 5.91 Å². The van der Waals surface area contributed by atoms with Crippen LogP contribution in [0.25, 0.3) is 0 Å². The first-order valence-corrected chi connectivity index (χ1v) is 8.12. The molecule has 1 aliphatic heterocycles. The molecule has 5 nitrogen and oxygen atoms in total. The molecule has 3 rings (SSSR count). The van der Waals surface area contributed by atoms with Crippen LogP contribution in [0.5, 0.6) is 0 Å². The molecule has 0 aromatic heterocycles. The van der Waals surface area contributed by atoms with Gasteiger partial charge in [0.1, 0.15) is 0 Å². The third-order valence-corrected chi connectivity index (χ3v) is 4.25. The fourth-order valence-corrected chi connectivity index (χ4v) is 2.91. The molecule has 0 radical (unpaired) electrons. The number of anilines is 1. The first-order chi connectivity index (χ1) is 11.6. The number of nitrogen functional groups attached to an aromatic ring is 1. The lowest BCUT2D eigenvalue weighted by atomic mass is 10.1. The van der Waals surface area contributed by atoms with E-state index in [1.54, 1.807) is 24.3 Å². The number of rotatable bonds is 5. The van der Waals surface area contributed by atoms with Gasteiger partial charge in [-0.15, -0.1) is 0 Å². The molecule has 3 N–H and O–H groups in total. The summed E-state index contributed by atoms with van der Waals surface area (Å²) < 4.78 is 0. The van der Waals surface area contributed by atoms with E-state index in [0.717, 1.165) is 0 Å². The molecule has 5 heteroatoms. The van der Waals surface area contributed by atoms with E-state index in [-0.39, 0.29) is 11.8 Å². The van der Waals surface area contributed by atoms with Crippen molar-refractivity contribution in [3.8, 4) is 0 Å². The van der Waals surface area contributed by atoms with Gasteiger partial charge in [-0.2, -0.15) is 0 Å². The minimum Gasteiger partial charge on any atom is -0.398 e. The molecule has 1 heterocycles. The lowest BCUT2D eigenvalue weighted by Crippen LogP contribution is -2.28. The largest absolute Gasteiger partial charge is 0.398 e. The van der Waals surface area contributed by atoms with Crippen molar-refractivity contribution in [1.82, 2.24) is 10.2 Å². The summed E-state index contributed by atoms with van der Waals surface area (Å²) in [5.41, 5.74) is 9.15. The van der Waals surface area contributed by atoms with Crippen LogP contribution in [0.2, 0.25) is 0 Å². The SMILES string of the molecule is Nc1ccccc1C(=O)NCCCC(=O)N1Cc2ccccc2C1. The van der Waals surface area contributed by atoms with E-state index in [1.807, 2.05) is 17.0 Å². The van der Waals surface area contributed by atoms with Gasteiger partial charge >= 0.3 is 0 Å². The normalized spacial score (nSPS) is 12.8. The fourth-order valence-electron chi connectivity index (χ4n) is 2.91. The third kappa shape index (κ3) is 3.56. The minimum atomic E-state index is -0.200. The van der Waals surface area contributed by atoms with Crippen LogP contribution in [-0.4, -0.2) is 23.3 Å². The van der Waals surface area contributed by atoms with Gasteiger partial charge in [-0.05, 0) is 29.7 Å². The Hall–Kier alpha value is -2.82. The van der Waals surface area contributed by atoms with Crippen molar-refractivity contribution >= 4 is 17.5 Å². The Labute approximate surface area is 141 Å². The molecule has 0 saturated heterocycles. The molecule has 0 saturated carbocycles. The van der Waals surface area contributed by atoms with Crippen LogP contribution in [0.3, 0.4) is 0 Å². The summed E-state index contributed by atoms with van der Waals surface area (Å²) in [5, 5.41) is 2.81. The standard InChI is InChI=1S/C19H21N3O2/c20-17-9-4-3-8-16(17)19(24)21-11-5-10-18(23)22-12-14-6-1-2-7-15(14)13-22/h1-4,6-9H,5,10-13,20H2,(H,21,24). The maximum atomic E-state index is 12.3. The number of hydrogen-bond acceptors (Lipinski definition) is 3. The van der Waals surface area contributed by atoms with Crippen molar-refractivity contribution < 1.29 is 9.59 Å². The van der Waals surface area contributed by atoms with Crippen molar-refractivity contribution in [3.05, 3.63) is 65.2 Å². The van der Waals surface area contributed by atoms with Gasteiger partial charge in [-0.1, -0.05) is 36.4 Å². The quantitative estimate of drug-likeness (QED) is 0.655. The molecule has 0 bridgehead atoms. The summed E-state index contributed by atoms with van der Waals surface area (Å²) in [4.78, 5) is 26.2. The summed E-state index contributed by atoms with van der Waals surface area (Å²) in [6.07, 6.45) is 1.04. The maximum absolute atomic E-state index is 12.3. The third-order valence-electron chi connectivity index (χ3n) is 4.25. The number of carbonyl (C=O) groups is 2. The van der Waals surface area contributed by atoms with Crippen LogP contribution in [0.15, 0.2) is 48.5 Å². The Morgan fingerprint density at radius 3 is 2.29 bits per heavy atom. The smallest absolute Gasteiger partial charge is 0.253 e. The predicted molar refractivity (Wildman–Crippen MR) is 93.1 cm³/mol. The van der Waals surface area contributed by atoms with Crippen LogP contribution in [0.4, 0.5) is 5.69 Å². The van der Waals surface area contributed by atoms with E-state index < -0.39 is 0 Å². The van der Waals surface area contributed by atoms with E-state index in [9.17, 15) is 9.59 Å². The van der Waals surface area contributed by atoms with Crippen LogP contribution in [-0.2, 0) is 17.9 Å². The Kier molecular flexibility index (Phi) is 4.79. The highest BCUT2D eigenvalue weighted by atomic mass is 16.2. The molecule has 0 atom stereocenters. The number of nitrogens with zero attached hydrogens (tertiary/aromatic N) is 1. The molecule has 2 aromatic carbocycles. The average Bonchev–Trinajstić information content (AvgIpc) is 3.03. The van der Waals surface area contributed by atoms with Gasteiger partial charge in [0.05, 0.1) is 5.56 Å². The summed E-state index contributed by atoms with van der Waals surface area (Å²) in [6, 6.07) is 15.1. The zero-order chi connectivity index (χ0) is 16.9. The summed E-state index contributed by atoms with van der Waals surface area (Å²) in [5.74, 6) is -0.0752. The Morgan fingerprint density at radius 2 is 1.62 bits per heavy atom. The van der Waals surface area contributed by atoms with Crippen LogP contribution in [0, 0.1) is 0 Å². The lowest BCUT2D eigenvalue weighted by Gasteiger charge is -2.15. The molecular weight excluding hydrogens is 302 g/mol. The lowest BCUT2D eigenvalue weighted by molar-refractivity contribution is -0.131. The number of benzene rings is 2. The van der Waals surface area contributed by atoms with Crippen LogP contribution < -0.4 is 11.1 Å². The Morgan fingerprint density at radius 1 is 1.00 bits per heavy atom. The summed E-state index contributed by atoms with van der Waals surface area (Å²) in [6.45, 7) is 1.82. The first kappa shape index (κ1) is 16.1. The van der Waals surface area contributed by atoms with Gasteiger partial charge in [0.15, 0.2) is 0 Å². The minimum absolute atomic E-state index is 0.125. The highest BCUT2D eigenvalue weighted by Crippen LogP contribution is 2.22. The number of carbonyl (C=O) groups excluding carboxylic acids is 2. The van der Waals surface area contributed by atoms with Crippen LogP contribution in [0.1, 0.15) is 34.3 Å². The summed E-state index contributed by atoms with van der Waals surface area (Å²) >= 11 is 0. The molecule has 1 aliphatic rings. The molecular formula is C19H21N3O2. The van der Waals surface area contributed by atoms with Crippen molar-refractivity contribution in [2.24, 2.45) is 0 Å². The average molecular weight is 323 g/mol. The highest BCUT2D eigenvalue weighted by molar-refractivity contribution is 5.99. The highest BCUT2D eigenvalue weighted by Gasteiger charge is 2.22. The molecule has 0 spiro atoms. The van der Waals surface area contributed by atoms with Gasteiger partial charge in [-0.25, -0.2) is 0 Å². The molecule has 0 fully saturated rings. The topological polar surface area (TPSA) is 75.4 Å². The van der Waals surface area contributed by atoms with E-state index >= 15 is 0 Å². The molecule has 2 amide bonds. The first-order valence-electron chi connectivity index (χ1n) is 8.12. The zero-order valence-corrected chi connectivity index (χ0v) is 13.5. The second-order valence-corrected chi connectivity index (χ2v) is 5.97. The van der Waals surface area contributed by atoms with Crippen molar-refractivity contribution in [3.63, 3.8) is 0 Å². The number of hydrogen-bond donors (Lipinski definition) is 2. The number of nitrogens with one attached hydrogen (secondary N) is 1. The van der Waals surface area contributed by atoms with Crippen molar-refractivity contribution in [2.75, 3.05) is 12.3 Å². The summed E-state index contributed by atoms with van der Waals surface area (Å²) in [7, 11) is 0. The molecule has 0 unspecified atom stereocenters. The number of amides is 2. The monoisotopic (exact) mass is 323 g/mol. The maximum Gasteiger partial charge on any atom is 0.253 e. The molecule has 0 aliphatic carbocycles. The number of nitrogens with two attached hydrogens (primary N) is 1. The van der Waals surface area contributed by atoms with Gasteiger partial charge in [0, 0.05) is 31.7 Å². The second kappa shape index (κ2) is 7.17. The zero-order valence-electron chi connectivity index (χ0n) is 13.5. The van der Waals surface area contributed by atoms with E-state index in [2.05, 4.69) is 17.4 Å². The number of para-hydroxylation sites is 1. The predicted octanol–water partition coefficient (Wildman–Crippen LogP) is 2.32. The van der Waals surface area contributed by atoms with Gasteiger partial charge in [-0.3, -0.25) is 9.59 Å². The Balaban J connectivity index is 1.42. The van der Waals surface area contributed by atoms with E-state index in [4.69, 9.17) is 5.73 Å². The van der Waals surface area contributed by atoms with Gasteiger partial charge in [0.2, 0.25) is 5.91 Å². The molecule has 24 heavy (non-hydrogen) atoms.